The molecule has 8 nitrogen and oxygen atoms in total. The van der Waals surface area contributed by atoms with Gasteiger partial charge in [0.25, 0.3) is 10.0 Å². The Labute approximate surface area is 222 Å². The van der Waals surface area contributed by atoms with Gasteiger partial charge in [-0.2, -0.15) is 0 Å². The van der Waals surface area contributed by atoms with Gasteiger partial charge < -0.3 is 15.0 Å². The van der Waals surface area contributed by atoms with Gasteiger partial charge in [0, 0.05) is 18.6 Å². The number of amides is 2. The van der Waals surface area contributed by atoms with E-state index in [9.17, 15) is 18.0 Å². The first kappa shape index (κ1) is 28.0. The lowest BCUT2D eigenvalue weighted by atomic mass is 10.1. The molecular weight excluding hydrogens is 514 g/mol. The third-order valence-electron chi connectivity index (χ3n) is 5.95. The highest BCUT2D eigenvalue weighted by Crippen LogP contribution is 2.32. The number of halogens is 1. The summed E-state index contributed by atoms with van der Waals surface area (Å²) in [5, 5.41) is 2.98. The number of benzene rings is 3. The average molecular weight is 544 g/mol. The molecule has 0 bridgehead atoms. The molecule has 0 fully saturated rings. The third kappa shape index (κ3) is 6.42. The number of aryl methyl sites for hydroxylation is 1. The molecule has 3 rings (SSSR count). The van der Waals surface area contributed by atoms with Crippen LogP contribution >= 0.6 is 11.6 Å². The monoisotopic (exact) mass is 543 g/mol. The van der Waals surface area contributed by atoms with E-state index < -0.39 is 34.4 Å². The molecule has 0 heterocycles. The molecule has 3 aromatic rings. The van der Waals surface area contributed by atoms with Crippen LogP contribution < -0.4 is 14.4 Å². The van der Waals surface area contributed by atoms with Gasteiger partial charge in [-0.15, -0.1) is 0 Å². The van der Waals surface area contributed by atoms with Crippen LogP contribution in [0.3, 0.4) is 0 Å². The zero-order valence-corrected chi connectivity index (χ0v) is 22.7. The molecule has 1 unspecified atom stereocenters. The average Bonchev–Trinajstić information content (AvgIpc) is 2.90. The molecule has 0 spiro atoms. The molecule has 1 N–H and O–H groups in total. The first-order valence-electron chi connectivity index (χ1n) is 11.6. The second-order valence-corrected chi connectivity index (χ2v) is 10.7. The molecule has 2 amide bonds. The van der Waals surface area contributed by atoms with Crippen LogP contribution in [0.2, 0.25) is 5.02 Å². The number of carbonyl (C=O) groups excluding carboxylic acids is 2. The highest BCUT2D eigenvalue weighted by atomic mass is 35.5. The summed E-state index contributed by atoms with van der Waals surface area (Å²) in [6.45, 7) is 2.87. The van der Waals surface area contributed by atoms with Crippen LogP contribution in [0.25, 0.3) is 0 Å². The number of sulfonamides is 1. The van der Waals surface area contributed by atoms with Gasteiger partial charge in [-0.1, -0.05) is 59.6 Å². The quantitative estimate of drug-likeness (QED) is 0.417. The van der Waals surface area contributed by atoms with Crippen LogP contribution in [0, 0.1) is 6.92 Å². The van der Waals surface area contributed by atoms with Gasteiger partial charge in [0.15, 0.2) is 0 Å². The first-order valence-corrected chi connectivity index (χ1v) is 13.4. The Hall–Kier alpha value is -3.56. The Morgan fingerprint density at radius 1 is 1.00 bits per heavy atom. The number of rotatable bonds is 10. The fourth-order valence-corrected chi connectivity index (χ4v) is 5.41. The van der Waals surface area contributed by atoms with Crippen molar-refractivity contribution in [2.24, 2.45) is 0 Å². The topological polar surface area (TPSA) is 96.0 Å². The van der Waals surface area contributed by atoms with E-state index in [4.69, 9.17) is 16.3 Å². The summed E-state index contributed by atoms with van der Waals surface area (Å²) < 4.78 is 34.1. The number of nitrogens with one attached hydrogen (secondary N) is 1. The number of anilines is 1. The van der Waals surface area contributed by atoms with Gasteiger partial charge in [0.05, 0.1) is 17.7 Å². The summed E-state index contributed by atoms with van der Waals surface area (Å²) >= 11 is 6.34. The van der Waals surface area contributed by atoms with E-state index >= 15 is 0 Å². The van der Waals surface area contributed by atoms with Crippen molar-refractivity contribution in [3.63, 3.8) is 0 Å². The standard InChI is InChI=1S/C27H30ClN3O5S/c1-19-13-15-22(16-14-19)37(34,35)31(24-11-7-8-12-25(24)36-4)18-26(32)30(20(2)27(33)29-3)17-21-9-5-6-10-23(21)28/h5-16,20H,17-18H2,1-4H3,(H,29,33). The molecule has 10 heteroatoms. The maximum absolute atomic E-state index is 13.8. The molecule has 0 radical (unpaired) electrons. The van der Waals surface area contributed by atoms with Crippen LogP contribution in [-0.4, -0.2) is 51.9 Å². The molecule has 1 atom stereocenters. The van der Waals surface area contributed by atoms with Crippen LogP contribution in [0.15, 0.2) is 77.7 Å². The number of likely N-dealkylation sites (N-methyl/N-ethyl adjacent to an activating group) is 1. The van der Waals surface area contributed by atoms with Crippen molar-refractivity contribution < 1.29 is 22.7 Å². The summed E-state index contributed by atoms with van der Waals surface area (Å²) in [4.78, 5) is 27.7. The second kappa shape index (κ2) is 12.1. The Morgan fingerprint density at radius 2 is 1.62 bits per heavy atom. The number of nitrogens with zero attached hydrogens (tertiary/aromatic N) is 2. The van der Waals surface area contributed by atoms with Gasteiger partial charge in [-0.25, -0.2) is 8.42 Å². The van der Waals surface area contributed by atoms with Gasteiger partial charge in [-0.3, -0.25) is 13.9 Å². The highest BCUT2D eigenvalue weighted by Gasteiger charge is 2.33. The third-order valence-corrected chi connectivity index (χ3v) is 8.10. The lowest BCUT2D eigenvalue weighted by Gasteiger charge is -2.32. The minimum absolute atomic E-state index is 0.0113. The normalized spacial score (nSPS) is 11.9. The van der Waals surface area contributed by atoms with Gasteiger partial charge >= 0.3 is 0 Å². The smallest absolute Gasteiger partial charge is 0.264 e. The lowest BCUT2D eigenvalue weighted by molar-refractivity contribution is -0.139. The number of carbonyl (C=O) groups is 2. The van der Waals surface area contributed by atoms with Crippen molar-refractivity contribution in [1.82, 2.24) is 10.2 Å². The van der Waals surface area contributed by atoms with Crippen molar-refractivity contribution in [2.45, 2.75) is 31.3 Å². The maximum Gasteiger partial charge on any atom is 0.264 e. The number of hydrogen-bond donors (Lipinski definition) is 1. The molecule has 0 aliphatic carbocycles. The zero-order chi connectivity index (χ0) is 27.2. The number of hydrogen-bond acceptors (Lipinski definition) is 5. The molecule has 0 saturated carbocycles. The fourth-order valence-electron chi connectivity index (χ4n) is 3.79. The Bertz CT molecular complexity index is 1360. The summed E-state index contributed by atoms with van der Waals surface area (Å²) in [6, 6.07) is 19.0. The Balaban J connectivity index is 2.08. The summed E-state index contributed by atoms with van der Waals surface area (Å²) in [7, 11) is -1.29. The van der Waals surface area contributed by atoms with Crippen LogP contribution in [-0.2, 0) is 26.2 Å². The number of para-hydroxylation sites is 2. The predicted molar refractivity (Wildman–Crippen MR) is 144 cm³/mol. The second-order valence-electron chi connectivity index (χ2n) is 8.40. The SMILES string of the molecule is CNC(=O)C(C)N(Cc1ccccc1Cl)C(=O)CN(c1ccccc1OC)S(=O)(=O)c1ccc(C)cc1. The van der Waals surface area contributed by atoms with Gasteiger partial charge in [0.1, 0.15) is 18.3 Å². The van der Waals surface area contributed by atoms with Crippen molar-refractivity contribution in [2.75, 3.05) is 25.0 Å². The minimum Gasteiger partial charge on any atom is -0.495 e. The summed E-state index contributed by atoms with van der Waals surface area (Å²) in [6.07, 6.45) is 0. The van der Waals surface area contributed by atoms with Gasteiger partial charge in [-0.05, 0) is 49.7 Å². The molecular formula is C27H30ClN3O5S. The van der Waals surface area contributed by atoms with Crippen molar-refractivity contribution in [3.05, 3.63) is 88.9 Å². The van der Waals surface area contributed by atoms with Crippen molar-refractivity contribution in [1.29, 1.82) is 0 Å². The van der Waals surface area contributed by atoms with E-state index in [1.54, 1.807) is 67.6 Å². The van der Waals surface area contributed by atoms with E-state index in [-0.39, 0.29) is 22.9 Å². The molecule has 0 saturated heterocycles. The zero-order valence-electron chi connectivity index (χ0n) is 21.1. The number of methoxy groups -OCH3 is 1. The molecule has 0 aliphatic heterocycles. The largest absolute Gasteiger partial charge is 0.495 e. The Morgan fingerprint density at radius 3 is 2.24 bits per heavy atom. The summed E-state index contributed by atoms with van der Waals surface area (Å²) in [5.41, 5.74) is 1.71. The first-order chi connectivity index (χ1) is 17.6. The van der Waals surface area contributed by atoms with E-state index in [1.165, 1.54) is 31.2 Å². The van der Waals surface area contributed by atoms with Crippen LogP contribution in [0.4, 0.5) is 5.69 Å². The lowest BCUT2D eigenvalue weighted by Crippen LogP contribution is -2.50. The van der Waals surface area contributed by atoms with Crippen molar-refractivity contribution in [3.8, 4) is 5.75 Å². The predicted octanol–water partition coefficient (Wildman–Crippen LogP) is 4.02. The van der Waals surface area contributed by atoms with Crippen LogP contribution in [0.5, 0.6) is 5.75 Å². The molecule has 196 valence electrons. The van der Waals surface area contributed by atoms with E-state index in [1.807, 2.05) is 6.92 Å². The van der Waals surface area contributed by atoms with Gasteiger partial charge in [0.2, 0.25) is 11.8 Å². The molecule has 3 aromatic carbocycles. The maximum atomic E-state index is 13.8. The Kier molecular flexibility index (Phi) is 9.18. The highest BCUT2D eigenvalue weighted by molar-refractivity contribution is 7.92. The minimum atomic E-state index is -4.19. The molecule has 0 aliphatic rings. The number of ether oxygens (including phenoxy) is 1. The van der Waals surface area contributed by atoms with E-state index in [0.29, 0.717) is 10.6 Å². The van der Waals surface area contributed by atoms with E-state index in [2.05, 4.69) is 5.32 Å². The molecule has 0 aromatic heterocycles. The van der Waals surface area contributed by atoms with E-state index in [0.717, 1.165) is 9.87 Å². The fraction of sp³-hybridized carbons (Fsp3) is 0.259. The van der Waals surface area contributed by atoms with Crippen LogP contribution in [0.1, 0.15) is 18.1 Å². The molecule has 37 heavy (non-hydrogen) atoms. The van der Waals surface area contributed by atoms with Crippen molar-refractivity contribution >= 4 is 39.1 Å². The summed E-state index contributed by atoms with van der Waals surface area (Å²) in [5.74, 6) is -0.703.